The Kier molecular flexibility index (Phi) is 8.56. The molecule has 1 saturated heterocycles. The summed E-state index contributed by atoms with van der Waals surface area (Å²) in [4.78, 5) is 16.0. The lowest BCUT2D eigenvalue weighted by Crippen LogP contribution is -2.49. The summed E-state index contributed by atoms with van der Waals surface area (Å²) in [6.07, 6.45) is 0. The number of hydrogen-bond donors (Lipinski definition) is 1. The van der Waals surface area contributed by atoms with Crippen molar-refractivity contribution in [3.8, 4) is 5.75 Å². The van der Waals surface area contributed by atoms with Gasteiger partial charge in [-0.05, 0) is 31.3 Å². The molecule has 2 rings (SSSR count). The van der Waals surface area contributed by atoms with Crippen LogP contribution in [0.3, 0.4) is 0 Å². The fraction of sp³-hybridized carbons (Fsp3) is 0.533. The Bertz CT molecular complexity index is 451. The third kappa shape index (κ3) is 6.40. The van der Waals surface area contributed by atoms with E-state index in [4.69, 9.17) is 16.3 Å². The molecule has 0 spiro atoms. The van der Waals surface area contributed by atoms with E-state index in [2.05, 4.69) is 5.32 Å². The van der Waals surface area contributed by atoms with Crippen LogP contribution in [-0.2, 0) is 4.79 Å². The van der Waals surface area contributed by atoms with Crippen molar-refractivity contribution in [1.82, 2.24) is 15.1 Å². The molecule has 1 amide bonds. The molecule has 22 heavy (non-hydrogen) atoms. The first kappa shape index (κ1) is 19.0. The van der Waals surface area contributed by atoms with Gasteiger partial charge in [-0.2, -0.15) is 0 Å². The normalized spacial score (nSPS) is 14.6. The number of ether oxygens (including phenoxy) is 1. The number of nitrogens with one attached hydrogen (secondary N) is 1. The SMILES string of the molecule is CN(CCOc1ccc(Cl)cc1)CC(=O)N1CCNCC1.Cl. The van der Waals surface area contributed by atoms with Gasteiger partial charge in [-0.1, -0.05) is 11.6 Å². The van der Waals surface area contributed by atoms with E-state index < -0.39 is 0 Å². The summed E-state index contributed by atoms with van der Waals surface area (Å²) in [6, 6.07) is 7.28. The lowest BCUT2D eigenvalue weighted by atomic mass is 10.3. The number of likely N-dealkylation sites (N-methyl/N-ethyl adjacent to an activating group) is 1. The quantitative estimate of drug-likeness (QED) is 0.847. The first-order valence-electron chi connectivity index (χ1n) is 7.20. The molecule has 0 aliphatic carbocycles. The van der Waals surface area contributed by atoms with Crippen molar-refractivity contribution >= 4 is 29.9 Å². The van der Waals surface area contributed by atoms with Crippen LogP contribution in [0.25, 0.3) is 0 Å². The van der Waals surface area contributed by atoms with Gasteiger partial charge in [-0.15, -0.1) is 12.4 Å². The van der Waals surface area contributed by atoms with Gasteiger partial charge in [-0.3, -0.25) is 9.69 Å². The average Bonchev–Trinajstić information content (AvgIpc) is 2.50. The van der Waals surface area contributed by atoms with Gasteiger partial charge in [0.15, 0.2) is 0 Å². The highest BCUT2D eigenvalue weighted by atomic mass is 35.5. The summed E-state index contributed by atoms with van der Waals surface area (Å²) < 4.78 is 5.62. The molecule has 0 aromatic heterocycles. The third-order valence-corrected chi connectivity index (χ3v) is 3.68. The Morgan fingerprint density at radius 1 is 1.32 bits per heavy atom. The predicted molar refractivity (Wildman–Crippen MR) is 91.1 cm³/mol. The van der Waals surface area contributed by atoms with Crippen molar-refractivity contribution in [3.63, 3.8) is 0 Å². The molecule has 0 radical (unpaired) electrons. The molecule has 7 heteroatoms. The summed E-state index contributed by atoms with van der Waals surface area (Å²) in [6.45, 7) is 5.06. The molecule has 1 aliphatic rings. The number of carbonyl (C=O) groups excluding carboxylic acids is 1. The molecular weight excluding hydrogens is 325 g/mol. The number of nitrogens with zero attached hydrogens (tertiary/aromatic N) is 2. The van der Waals surface area contributed by atoms with Crippen LogP contribution in [0.4, 0.5) is 0 Å². The van der Waals surface area contributed by atoms with Crippen LogP contribution in [-0.4, -0.2) is 68.6 Å². The number of carbonyl (C=O) groups is 1. The van der Waals surface area contributed by atoms with Crippen LogP contribution in [0.1, 0.15) is 0 Å². The zero-order valence-corrected chi connectivity index (χ0v) is 14.3. The maximum atomic E-state index is 12.1. The molecule has 0 saturated carbocycles. The second-order valence-electron chi connectivity index (χ2n) is 5.17. The Labute approximate surface area is 143 Å². The van der Waals surface area contributed by atoms with Crippen molar-refractivity contribution in [3.05, 3.63) is 29.3 Å². The van der Waals surface area contributed by atoms with Crippen molar-refractivity contribution in [1.29, 1.82) is 0 Å². The monoisotopic (exact) mass is 347 g/mol. The topological polar surface area (TPSA) is 44.8 Å². The number of rotatable bonds is 6. The van der Waals surface area contributed by atoms with Crippen LogP contribution in [0.5, 0.6) is 5.75 Å². The maximum absolute atomic E-state index is 12.1. The van der Waals surface area contributed by atoms with E-state index >= 15 is 0 Å². The third-order valence-electron chi connectivity index (χ3n) is 3.43. The number of hydrogen-bond acceptors (Lipinski definition) is 4. The zero-order chi connectivity index (χ0) is 15.1. The van der Waals surface area contributed by atoms with E-state index in [9.17, 15) is 4.79 Å². The van der Waals surface area contributed by atoms with Crippen molar-refractivity contribution in [2.45, 2.75) is 0 Å². The van der Waals surface area contributed by atoms with Crippen LogP contribution >= 0.6 is 24.0 Å². The minimum Gasteiger partial charge on any atom is -0.492 e. The Balaban J connectivity index is 0.00000242. The second kappa shape index (κ2) is 9.90. The second-order valence-corrected chi connectivity index (χ2v) is 5.61. The van der Waals surface area contributed by atoms with Gasteiger partial charge in [-0.25, -0.2) is 0 Å². The largest absolute Gasteiger partial charge is 0.492 e. The standard InChI is InChI=1S/C15H22ClN3O2.ClH/c1-18(12-15(20)19-8-6-17-7-9-19)10-11-21-14-4-2-13(16)3-5-14;/h2-5,17H,6-12H2,1H3;1H. The van der Waals surface area contributed by atoms with Gasteiger partial charge in [0.1, 0.15) is 12.4 Å². The zero-order valence-electron chi connectivity index (χ0n) is 12.8. The molecule has 1 aromatic rings. The minimum atomic E-state index is 0. The molecular formula is C15H23Cl2N3O2. The highest BCUT2D eigenvalue weighted by Gasteiger charge is 2.17. The summed E-state index contributed by atoms with van der Waals surface area (Å²) in [5.41, 5.74) is 0. The minimum absolute atomic E-state index is 0. The maximum Gasteiger partial charge on any atom is 0.236 e. The van der Waals surface area contributed by atoms with Crippen LogP contribution in [0.15, 0.2) is 24.3 Å². The highest BCUT2D eigenvalue weighted by molar-refractivity contribution is 6.30. The first-order chi connectivity index (χ1) is 10.1. The van der Waals surface area contributed by atoms with Gasteiger partial charge >= 0.3 is 0 Å². The van der Waals surface area contributed by atoms with Gasteiger partial charge in [0, 0.05) is 37.7 Å². The molecule has 1 aliphatic heterocycles. The molecule has 0 unspecified atom stereocenters. The number of amides is 1. The highest BCUT2D eigenvalue weighted by Crippen LogP contribution is 2.15. The van der Waals surface area contributed by atoms with E-state index in [1.807, 2.05) is 29.0 Å². The van der Waals surface area contributed by atoms with Crippen LogP contribution in [0, 0.1) is 0 Å². The van der Waals surface area contributed by atoms with Gasteiger partial charge < -0.3 is 15.0 Å². The molecule has 1 fully saturated rings. The lowest BCUT2D eigenvalue weighted by Gasteiger charge is -2.29. The average molecular weight is 348 g/mol. The van der Waals surface area contributed by atoms with Gasteiger partial charge in [0.2, 0.25) is 5.91 Å². The summed E-state index contributed by atoms with van der Waals surface area (Å²) in [5, 5.41) is 3.94. The lowest BCUT2D eigenvalue weighted by molar-refractivity contribution is -0.132. The Morgan fingerprint density at radius 2 is 1.95 bits per heavy atom. The molecule has 0 atom stereocenters. The molecule has 1 heterocycles. The van der Waals surface area contributed by atoms with Crippen LogP contribution < -0.4 is 10.1 Å². The van der Waals surface area contributed by atoms with E-state index in [1.165, 1.54) is 0 Å². The van der Waals surface area contributed by atoms with Crippen LogP contribution in [0.2, 0.25) is 5.02 Å². The summed E-state index contributed by atoms with van der Waals surface area (Å²) >= 11 is 5.82. The van der Waals surface area contributed by atoms with Crippen molar-refractivity contribution in [2.75, 3.05) is 52.9 Å². The van der Waals surface area contributed by atoms with E-state index in [1.54, 1.807) is 12.1 Å². The predicted octanol–water partition coefficient (Wildman–Crippen LogP) is 1.50. The van der Waals surface area contributed by atoms with E-state index in [-0.39, 0.29) is 18.3 Å². The van der Waals surface area contributed by atoms with E-state index in [0.29, 0.717) is 24.7 Å². The smallest absolute Gasteiger partial charge is 0.236 e. The fourth-order valence-electron chi connectivity index (χ4n) is 2.17. The van der Waals surface area contributed by atoms with Crippen molar-refractivity contribution in [2.24, 2.45) is 0 Å². The fourth-order valence-corrected chi connectivity index (χ4v) is 2.30. The number of halogens is 2. The number of piperazine rings is 1. The molecule has 5 nitrogen and oxygen atoms in total. The van der Waals surface area contributed by atoms with Crippen molar-refractivity contribution < 1.29 is 9.53 Å². The first-order valence-corrected chi connectivity index (χ1v) is 7.58. The molecule has 124 valence electrons. The summed E-state index contributed by atoms with van der Waals surface area (Å²) in [5.74, 6) is 0.978. The van der Waals surface area contributed by atoms with Gasteiger partial charge in [0.05, 0.1) is 6.54 Å². The van der Waals surface area contributed by atoms with Gasteiger partial charge in [0.25, 0.3) is 0 Å². The Morgan fingerprint density at radius 3 is 2.59 bits per heavy atom. The number of benzene rings is 1. The van der Waals surface area contributed by atoms with E-state index in [0.717, 1.165) is 31.9 Å². The summed E-state index contributed by atoms with van der Waals surface area (Å²) in [7, 11) is 1.94. The molecule has 0 bridgehead atoms. The molecule has 1 aromatic carbocycles. The molecule has 1 N–H and O–H groups in total. The Hall–Kier alpha value is -1.01.